The molecule has 0 bridgehead atoms. The van der Waals surface area contributed by atoms with Gasteiger partial charge in [0.1, 0.15) is 0 Å². The SMILES string of the molecule is COCC1CC(CN(C)C(=O)CSCc2ccccc2Cl)NN1. The summed E-state index contributed by atoms with van der Waals surface area (Å²) < 4.78 is 5.13. The smallest absolute Gasteiger partial charge is 0.232 e. The number of thioether (sulfide) groups is 1. The van der Waals surface area contributed by atoms with Crippen LogP contribution in [0.25, 0.3) is 0 Å². The van der Waals surface area contributed by atoms with Crippen molar-refractivity contribution in [2.45, 2.75) is 24.3 Å². The standard InChI is InChI=1S/C16H24ClN3O2S/c1-20(8-13-7-14(9-22-2)19-18-13)16(21)11-23-10-12-5-3-4-6-15(12)17/h3-6,13-14,18-19H,7-11H2,1-2H3. The lowest BCUT2D eigenvalue weighted by atomic mass is 10.1. The number of methoxy groups -OCH3 is 1. The van der Waals surface area contributed by atoms with E-state index in [9.17, 15) is 4.79 Å². The number of ether oxygens (including phenoxy) is 1. The quantitative estimate of drug-likeness (QED) is 0.744. The first-order chi connectivity index (χ1) is 11.1. The second kappa shape index (κ2) is 9.49. The lowest BCUT2D eigenvalue weighted by Gasteiger charge is -2.21. The molecule has 1 aromatic carbocycles. The average molecular weight is 358 g/mol. The second-order valence-corrected chi connectivity index (χ2v) is 7.12. The highest BCUT2D eigenvalue weighted by Gasteiger charge is 2.25. The number of hydrazine groups is 1. The van der Waals surface area contributed by atoms with Crippen LogP contribution in [0.15, 0.2) is 24.3 Å². The van der Waals surface area contributed by atoms with Gasteiger partial charge < -0.3 is 9.64 Å². The number of amides is 1. The molecule has 1 saturated heterocycles. The Bertz CT molecular complexity index is 518. The van der Waals surface area contributed by atoms with Gasteiger partial charge in [-0.15, -0.1) is 11.8 Å². The van der Waals surface area contributed by atoms with Gasteiger partial charge in [-0.05, 0) is 18.1 Å². The lowest BCUT2D eigenvalue weighted by molar-refractivity contribution is -0.127. The molecule has 1 fully saturated rings. The van der Waals surface area contributed by atoms with Crippen LogP contribution in [0.2, 0.25) is 5.02 Å². The minimum absolute atomic E-state index is 0.138. The molecule has 7 heteroatoms. The zero-order valence-electron chi connectivity index (χ0n) is 13.5. The molecule has 0 saturated carbocycles. The summed E-state index contributed by atoms with van der Waals surface area (Å²) in [6.07, 6.45) is 0.957. The fourth-order valence-electron chi connectivity index (χ4n) is 2.53. The minimum atomic E-state index is 0.138. The predicted octanol–water partition coefficient (Wildman–Crippen LogP) is 1.91. The predicted molar refractivity (Wildman–Crippen MR) is 95.6 cm³/mol. The van der Waals surface area contributed by atoms with Gasteiger partial charge in [0, 0.05) is 43.6 Å². The van der Waals surface area contributed by atoms with E-state index in [-0.39, 0.29) is 11.9 Å². The molecular formula is C16H24ClN3O2S. The molecule has 2 rings (SSSR count). The van der Waals surface area contributed by atoms with E-state index in [1.807, 2.05) is 31.3 Å². The Hall–Kier alpha value is -0.790. The summed E-state index contributed by atoms with van der Waals surface area (Å²) in [6, 6.07) is 8.31. The van der Waals surface area contributed by atoms with E-state index in [2.05, 4.69) is 10.9 Å². The number of nitrogens with zero attached hydrogens (tertiary/aromatic N) is 1. The largest absolute Gasteiger partial charge is 0.383 e. The fourth-order valence-corrected chi connectivity index (χ4v) is 3.78. The Balaban J connectivity index is 1.68. The first-order valence-electron chi connectivity index (χ1n) is 7.65. The maximum atomic E-state index is 12.2. The van der Waals surface area contributed by atoms with Gasteiger partial charge in [0.15, 0.2) is 0 Å². The summed E-state index contributed by atoms with van der Waals surface area (Å²) >= 11 is 7.71. The highest BCUT2D eigenvalue weighted by atomic mass is 35.5. The van der Waals surface area contributed by atoms with Crippen molar-refractivity contribution in [3.8, 4) is 0 Å². The number of rotatable bonds is 8. The minimum Gasteiger partial charge on any atom is -0.383 e. The van der Waals surface area contributed by atoms with Crippen LogP contribution in [-0.2, 0) is 15.3 Å². The second-order valence-electron chi connectivity index (χ2n) is 5.73. The van der Waals surface area contributed by atoms with E-state index in [0.29, 0.717) is 24.9 Å². The van der Waals surface area contributed by atoms with E-state index in [4.69, 9.17) is 16.3 Å². The maximum absolute atomic E-state index is 12.2. The Morgan fingerprint density at radius 3 is 2.87 bits per heavy atom. The monoisotopic (exact) mass is 357 g/mol. The van der Waals surface area contributed by atoms with Gasteiger partial charge in [0.05, 0.1) is 12.4 Å². The van der Waals surface area contributed by atoms with Gasteiger partial charge >= 0.3 is 0 Å². The molecule has 0 radical (unpaired) electrons. The van der Waals surface area contributed by atoms with Crippen LogP contribution < -0.4 is 10.9 Å². The Labute approximate surface area is 147 Å². The molecule has 23 heavy (non-hydrogen) atoms. The third kappa shape index (κ3) is 5.97. The van der Waals surface area contributed by atoms with Crippen molar-refractivity contribution < 1.29 is 9.53 Å². The van der Waals surface area contributed by atoms with Crippen molar-refractivity contribution in [1.29, 1.82) is 0 Å². The molecule has 128 valence electrons. The summed E-state index contributed by atoms with van der Waals surface area (Å²) in [5.74, 6) is 1.35. The van der Waals surface area contributed by atoms with Crippen molar-refractivity contribution in [1.82, 2.24) is 15.8 Å². The first kappa shape index (κ1) is 18.5. The number of benzene rings is 1. The molecule has 0 spiro atoms. The van der Waals surface area contributed by atoms with Crippen LogP contribution in [0, 0.1) is 0 Å². The molecule has 2 N–H and O–H groups in total. The number of nitrogens with one attached hydrogen (secondary N) is 2. The fraction of sp³-hybridized carbons (Fsp3) is 0.562. The van der Waals surface area contributed by atoms with Crippen LogP contribution in [0.5, 0.6) is 0 Å². The molecular weight excluding hydrogens is 334 g/mol. The van der Waals surface area contributed by atoms with Gasteiger partial charge in [-0.3, -0.25) is 15.6 Å². The highest BCUT2D eigenvalue weighted by Crippen LogP contribution is 2.20. The van der Waals surface area contributed by atoms with Crippen LogP contribution in [0.4, 0.5) is 0 Å². The highest BCUT2D eigenvalue weighted by molar-refractivity contribution is 7.99. The van der Waals surface area contributed by atoms with Crippen molar-refractivity contribution >= 4 is 29.3 Å². The van der Waals surface area contributed by atoms with Crippen LogP contribution in [0.3, 0.4) is 0 Å². The van der Waals surface area contributed by atoms with E-state index in [1.165, 1.54) is 0 Å². The number of hydrogen-bond acceptors (Lipinski definition) is 5. The summed E-state index contributed by atoms with van der Waals surface area (Å²) in [6.45, 7) is 1.37. The van der Waals surface area contributed by atoms with E-state index in [1.54, 1.807) is 23.8 Å². The molecule has 2 unspecified atom stereocenters. The Kier molecular flexibility index (Phi) is 7.65. The molecule has 1 aliphatic heterocycles. The van der Waals surface area contributed by atoms with Crippen molar-refractivity contribution in [3.05, 3.63) is 34.9 Å². The van der Waals surface area contributed by atoms with Gasteiger partial charge in [0.2, 0.25) is 5.91 Å². The number of carbonyl (C=O) groups excluding carboxylic acids is 1. The van der Waals surface area contributed by atoms with Crippen LogP contribution >= 0.6 is 23.4 Å². The van der Waals surface area contributed by atoms with Crippen LogP contribution in [0.1, 0.15) is 12.0 Å². The zero-order chi connectivity index (χ0) is 16.7. The average Bonchev–Trinajstić information content (AvgIpc) is 2.96. The third-order valence-electron chi connectivity index (χ3n) is 3.79. The van der Waals surface area contributed by atoms with Crippen molar-refractivity contribution in [2.75, 3.05) is 33.1 Å². The maximum Gasteiger partial charge on any atom is 0.232 e. The zero-order valence-corrected chi connectivity index (χ0v) is 15.1. The molecule has 0 aromatic heterocycles. The molecule has 1 aromatic rings. The summed E-state index contributed by atoms with van der Waals surface area (Å²) in [4.78, 5) is 14.0. The van der Waals surface area contributed by atoms with Crippen LogP contribution in [-0.4, -0.2) is 56.0 Å². The Morgan fingerprint density at radius 1 is 1.39 bits per heavy atom. The molecule has 1 aliphatic rings. The number of carbonyl (C=O) groups is 1. The van der Waals surface area contributed by atoms with Gasteiger partial charge in [-0.2, -0.15) is 0 Å². The van der Waals surface area contributed by atoms with Crippen molar-refractivity contribution in [3.63, 3.8) is 0 Å². The molecule has 1 heterocycles. The number of hydrogen-bond donors (Lipinski definition) is 2. The van der Waals surface area contributed by atoms with E-state index >= 15 is 0 Å². The number of halogens is 1. The molecule has 5 nitrogen and oxygen atoms in total. The summed E-state index contributed by atoms with van der Waals surface area (Å²) in [7, 11) is 3.55. The Morgan fingerprint density at radius 2 is 2.13 bits per heavy atom. The van der Waals surface area contributed by atoms with Crippen molar-refractivity contribution in [2.24, 2.45) is 0 Å². The van der Waals surface area contributed by atoms with Gasteiger partial charge in [0.25, 0.3) is 0 Å². The van der Waals surface area contributed by atoms with Gasteiger partial charge in [-0.25, -0.2) is 0 Å². The van der Waals surface area contributed by atoms with E-state index in [0.717, 1.165) is 22.8 Å². The topological polar surface area (TPSA) is 53.6 Å². The summed E-state index contributed by atoms with van der Waals surface area (Å²) in [5, 5.41) is 0.756. The normalized spacial score (nSPS) is 20.7. The molecule has 1 amide bonds. The molecule has 2 atom stereocenters. The van der Waals surface area contributed by atoms with Gasteiger partial charge in [-0.1, -0.05) is 29.8 Å². The third-order valence-corrected chi connectivity index (χ3v) is 5.12. The lowest BCUT2D eigenvalue weighted by Crippen LogP contribution is -2.42. The number of likely N-dealkylation sites (N-methyl/N-ethyl adjacent to an activating group) is 1. The summed E-state index contributed by atoms with van der Waals surface area (Å²) in [5.41, 5.74) is 7.48. The van der Waals surface area contributed by atoms with E-state index < -0.39 is 0 Å². The first-order valence-corrected chi connectivity index (χ1v) is 9.18. The molecule has 0 aliphatic carbocycles.